The number of aromatic nitrogens is 6. The molecule has 0 spiro atoms. The third kappa shape index (κ3) is 7.68. The summed E-state index contributed by atoms with van der Waals surface area (Å²) in [6.07, 6.45) is 3.65. The number of hydrogen-bond donors (Lipinski definition) is 3. The number of carbonyl (C=O) groups is 2. The van der Waals surface area contributed by atoms with E-state index in [1.807, 2.05) is 69.8 Å². The molecule has 4 aromatic heterocycles. The van der Waals surface area contributed by atoms with Gasteiger partial charge in [-0.15, -0.1) is 5.10 Å². The van der Waals surface area contributed by atoms with Gasteiger partial charge in [0.2, 0.25) is 5.88 Å². The predicted octanol–water partition coefficient (Wildman–Crippen LogP) is 7.49. The molecule has 0 radical (unpaired) electrons. The lowest BCUT2D eigenvalue weighted by molar-refractivity contribution is -0.137. The van der Waals surface area contributed by atoms with E-state index in [0.29, 0.717) is 46.7 Å². The van der Waals surface area contributed by atoms with Crippen LogP contribution in [0.5, 0.6) is 5.88 Å². The fraction of sp³-hybridized carbons (Fsp3) is 0.525. The van der Waals surface area contributed by atoms with Gasteiger partial charge >= 0.3 is 17.8 Å². The first-order valence-corrected chi connectivity index (χ1v) is 21.7. The van der Waals surface area contributed by atoms with E-state index >= 15 is 0 Å². The van der Waals surface area contributed by atoms with Crippen LogP contribution in [0.1, 0.15) is 85.3 Å². The SMILES string of the molecule is COc1nn(C)cc1-c1[nH]c2ncc3c(c2c1-c1ccc([C@H](C)CC(=O)O)cc1)n([C@H]1C[C@H](NC(=O)OC(C)(C)C)[C@H](O[Si](C)(C)C(C)(C)C)C1)c(=O)n3C. The first-order valence-electron chi connectivity index (χ1n) is 18.8. The van der Waals surface area contributed by atoms with Gasteiger partial charge < -0.3 is 29.3 Å². The molecular formula is C40H55N7O7Si. The zero-order chi connectivity index (χ0) is 40.4. The fourth-order valence-corrected chi connectivity index (χ4v) is 8.81. The highest BCUT2D eigenvalue weighted by atomic mass is 28.4. The minimum Gasteiger partial charge on any atom is -0.481 e. The second-order valence-electron chi connectivity index (χ2n) is 17.4. The van der Waals surface area contributed by atoms with E-state index in [1.54, 1.807) is 29.6 Å². The van der Waals surface area contributed by atoms with Crippen LogP contribution in [0.4, 0.5) is 4.79 Å². The van der Waals surface area contributed by atoms with Crippen LogP contribution >= 0.6 is 0 Å². The van der Waals surface area contributed by atoms with Crippen LogP contribution in [0.15, 0.2) is 41.5 Å². The van der Waals surface area contributed by atoms with E-state index in [9.17, 15) is 19.5 Å². The van der Waals surface area contributed by atoms with Crippen molar-refractivity contribution >= 4 is 42.4 Å². The van der Waals surface area contributed by atoms with Gasteiger partial charge in [0.1, 0.15) is 11.2 Å². The smallest absolute Gasteiger partial charge is 0.407 e. The lowest BCUT2D eigenvalue weighted by Crippen LogP contribution is -2.50. The van der Waals surface area contributed by atoms with Crippen molar-refractivity contribution in [1.82, 2.24) is 34.2 Å². The van der Waals surface area contributed by atoms with Gasteiger partial charge in [0.15, 0.2) is 8.32 Å². The quantitative estimate of drug-likeness (QED) is 0.122. The largest absolute Gasteiger partial charge is 0.481 e. The molecule has 14 nitrogen and oxygen atoms in total. The number of benzene rings is 1. The van der Waals surface area contributed by atoms with E-state index in [2.05, 4.69) is 49.3 Å². The van der Waals surface area contributed by atoms with Crippen molar-refractivity contribution in [1.29, 1.82) is 0 Å². The number of imidazole rings is 1. The van der Waals surface area contributed by atoms with Gasteiger partial charge in [-0.05, 0) is 68.8 Å². The number of fused-ring (bicyclic) bond motifs is 3. The van der Waals surface area contributed by atoms with E-state index in [1.165, 1.54) is 0 Å². The number of amides is 1. The highest BCUT2D eigenvalue weighted by molar-refractivity contribution is 6.74. The summed E-state index contributed by atoms with van der Waals surface area (Å²) in [6, 6.07) is 7.11. The number of rotatable bonds is 10. The number of nitrogens with zero attached hydrogens (tertiary/aromatic N) is 5. The lowest BCUT2D eigenvalue weighted by Gasteiger charge is -2.40. The molecule has 1 amide bonds. The molecule has 1 aliphatic carbocycles. The van der Waals surface area contributed by atoms with Crippen LogP contribution in [-0.2, 0) is 28.1 Å². The van der Waals surface area contributed by atoms with Crippen LogP contribution in [0, 0.1) is 0 Å². The molecule has 0 saturated heterocycles. The van der Waals surface area contributed by atoms with Crippen molar-refractivity contribution in [3.05, 3.63) is 52.7 Å². The van der Waals surface area contributed by atoms with Gasteiger partial charge in [0.25, 0.3) is 0 Å². The Balaban J connectivity index is 1.57. The third-order valence-electron chi connectivity index (χ3n) is 11.2. The molecule has 1 saturated carbocycles. The summed E-state index contributed by atoms with van der Waals surface area (Å²) in [6.45, 7) is 18.3. The first kappa shape index (κ1) is 39.8. The molecule has 55 heavy (non-hydrogen) atoms. The number of H-pyrrole nitrogens is 1. The van der Waals surface area contributed by atoms with Crippen molar-refractivity contribution in [3.8, 4) is 28.3 Å². The molecule has 0 unspecified atom stereocenters. The van der Waals surface area contributed by atoms with E-state index < -0.39 is 32.0 Å². The number of aryl methyl sites for hydroxylation is 2. The van der Waals surface area contributed by atoms with Crippen molar-refractivity contribution in [2.24, 2.45) is 14.1 Å². The molecule has 1 fully saturated rings. The number of carbonyl (C=O) groups excluding carboxylic acids is 1. The second kappa shape index (κ2) is 14.3. The Morgan fingerprint density at radius 1 is 1.09 bits per heavy atom. The standard InChI is InChI=1S/C40H55N7O7Si/c1-22(17-30(48)49)23-13-15-24(16-14-23)31-32-34-28(20-41-35(32)43-33(31)26-21-45(8)44-36(26)52-10)46(9)38(51)47(34)25-18-27(42-37(50)53-39(2,3)4)29(19-25)54-55(11,12)40(5,6)7/h13-16,20-22,25,27,29H,17-19H2,1-12H3,(H,41,43)(H,42,50)(H,48,49)/t22-,25+,27+,29-/m1/s1. The molecule has 5 aromatic rings. The van der Waals surface area contributed by atoms with Gasteiger partial charge in [-0.1, -0.05) is 52.0 Å². The zero-order valence-electron chi connectivity index (χ0n) is 34.0. The summed E-state index contributed by atoms with van der Waals surface area (Å²) in [4.78, 5) is 47.6. The second-order valence-corrected chi connectivity index (χ2v) is 22.2. The zero-order valence-corrected chi connectivity index (χ0v) is 35.0. The fourth-order valence-electron chi connectivity index (χ4n) is 7.44. The number of aliphatic carboxylic acids is 1. The van der Waals surface area contributed by atoms with E-state index in [0.717, 1.165) is 22.1 Å². The summed E-state index contributed by atoms with van der Waals surface area (Å²) >= 11 is 0. The van der Waals surface area contributed by atoms with Crippen molar-refractivity contribution in [2.45, 2.75) is 116 Å². The molecular weight excluding hydrogens is 719 g/mol. The van der Waals surface area contributed by atoms with Crippen LogP contribution < -0.4 is 15.7 Å². The van der Waals surface area contributed by atoms with Crippen LogP contribution in [-0.4, -0.2) is 79.2 Å². The number of methoxy groups -OCH3 is 1. The Labute approximate surface area is 322 Å². The molecule has 1 aromatic carbocycles. The van der Waals surface area contributed by atoms with Gasteiger partial charge in [-0.2, -0.15) is 0 Å². The van der Waals surface area contributed by atoms with Crippen LogP contribution in [0.3, 0.4) is 0 Å². The van der Waals surface area contributed by atoms with Crippen molar-refractivity contribution in [2.75, 3.05) is 7.11 Å². The predicted molar refractivity (Wildman–Crippen MR) is 215 cm³/mol. The molecule has 0 bridgehead atoms. The van der Waals surface area contributed by atoms with E-state index in [4.69, 9.17) is 18.9 Å². The van der Waals surface area contributed by atoms with Crippen LogP contribution in [0.25, 0.3) is 44.5 Å². The number of nitrogens with one attached hydrogen (secondary N) is 2. The molecule has 6 rings (SSSR count). The molecule has 4 heterocycles. The Kier molecular flexibility index (Phi) is 10.4. The van der Waals surface area contributed by atoms with Gasteiger partial charge in [0.05, 0.1) is 59.6 Å². The molecule has 1 aliphatic rings. The van der Waals surface area contributed by atoms with Gasteiger partial charge in [-0.3, -0.25) is 18.6 Å². The molecule has 15 heteroatoms. The number of aromatic amines is 1. The highest BCUT2D eigenvalue weighted by Crippen LogP contribution is 2.46. The number of pyridine rings is 1. The Bertz CT molecular complexity index is 2300. The lowest BCUT2D eigenvalue weighted by atomic mass is 9.93. The maximum Gasteiger partial charge on any atom is 0.407 e. The minimum absolute atomic E-state index is 0.0106. The summed E-state index contributed by atoms with van der Waals surface area (Å²) in [7, 11) is 2.83. The monoisotopic (exact) mass is 773 g/mol. The van der Waals surface area contributed by atoms with Crippen molar-refractivity contribution in [3.63, 3.8) is 0 Å². The number of carboxylic acid groups (broad SMARTS) is 1. The summed E-state index contributed by atoms with van der Waals surface area (Å²) < 4.78 is 23.6. The summed E-state index contributed by atoms with van der Waals surface area (Å²) in [5.74, 6) is -0.630. The van der Waals surface area contributed by atoms with Gasteiger partial charge in [0, 0.05) is 31.9 Å². The van der Waals surface area contributed by atoms with Crippen LogP contribution in [0.2, 0.25) is 18.1 Å². The Morgan fingerprint density at radius 3 is 2.36 bits per heavy atom. The van der Waals surface area contributed by atoms with E-state index in [-0.39, 0.29) is 35.2 Å². The maximum absolute atomic E-state index is 14.5. The first-order chi connectivity index (χ1) is 25.6. The maximum atomic E-state index is 14.5. The summed E-state index contributed by atoms with van der Waals surface area (Å²) in [5.41, 5.74) is 4.99. The molecule has 4 atom stereocenters. The highest BCUT2D eigenvalue weighted by Gasteiger charge is 2.46. The Hall–Kier alpha value is -4.89. The normalized spacial score (nSPS) is 18.6. The van der Waals surface area contributed by atoms with Crippen molar-refractivity contribution < 1.29 is 28.6 Å². The molecule has 0 aliphatic heterocycles. The summed E-state index contributed by atoms with van der Waals surface area (Å²) in [5, 5.41) is 17.7. The number of carboxylic acids is 1. The minimum atomic E-state index is -2.31. The van der Waals surface area contributed by atoms with Gasteiger partial charge in [-0.25, -0.2) is 14.6 Å². The molecule has 296 valence electrons. The topological polar surface area (TPSA) is 168 Å². The number of hydrogen-bond acceptors (Lipinski definition) is 8. The third-order valence-corrected chi connectivity index (χ3v) is 15.7. The Morgan fingerprint density at radius 2 is 1.76 bits per heavy atom. The average molecular weight is 774 g/mol. The number of alkyl carbamates (subject to hydrolysis) is 1. The number of ether oxygens (including phenoxy) is 2. The average Bonchev–Trinajstić information content (AvgIpc) is 3.81. The molecule has 3 N–H and O–H groups in total.